The molecule has 42 valence electrons. The van der Waals surface area contributed by atoms with Gasteiger partial charge in [-0.25, -0.2) is 0 Å². The molecule has 0 amide bonds. The number of hydrogen-bond acceptors (Lipinski definition) is 2. The van der Waals surface area contributed by atoms with Gasteiger partial charge in [0.2, 0.25) is 0 Å². The van der Waals surface area contributed by atoms with Crippen LogP contribution in [-0.4, -0.2) is 17.2 Å². The molecule has 1 nitrogen and oxygen atoms in total. The van der Waals surface area contributed by atoms with Gasteiger partial charge in [-0.1, -0.05) is 0 Å². The van der Waals surface area contributed by atoms with Crippen LogP contribution in [0.25, 0.3) is 0 Å². The Kier molecular flexibility index (Phi) is 1.60. The Morgan fingerprint density at radius 3 is 2.43 bits per heavy atom. The van der Waals surface area contributed by atoms with Gasteiger partial charge in [0, 0.05) is 11.8 Å². The third kappa shape index (κ3) is 1.35. The van der Waals surface area contributed by atoms with Crippen LogP contribution in [0.2, 0.25) is 0 Å². The predicted octanol–water partition coefficient (Wildman–Crippen LogP) is 1.06. The van der Waals surface area contributed by atoms with Crippen molar-refractivity contribution >= 4 is 11.8 Å². The van der Waals surface area contributed by atoms with Crippen LogP contribution in [0.3, 0.4) is 0 Å². The number of nitrogens with one attached hydrogen (secondary N) is 1. The zero-order chi connectivity index (χ0) is 5.28. The number of hydrogen-bond donors (Lipinski definition) is 1. The second-order valence-corrected chi connectivity index (χ2v) is 3.42. The molecule has 0 unspecified atom stereocenters. The number of thioether (sulfide) groups is 1. The molecular weight excluding hydrogens is 106 g/mol. The molecule has 0 saturated carbocycles. The largest absolute Gasteiger partial charge is 0.302 e. The van der Waals surface area contributed by atoms with E-state index in [1.165, 1.54) is 5.75 Å². The highest BCUT2D eigenvalue weighted by molar-refractivity contribution is 8.00. The van der Waals surface area contributed by atoms with Crippen molar-refractivity contribution in [1.82, 2.24) is 5.32 Å². The minimum atomic E-state index is 0.690. The molecule has 0 aliphatic carbocycles. The lowest BCUT2D eigenvalue weighted by atomic mass is 10.4. The minimum Gasteiger partial charge on any atom is -0.302 e. The monoisotopic (exact) mass is 117 g/mol. The summed E-state index contributed by atoms with van der Waals surface area (Å²) in [5.41, 5.74) is 0. The maximum Gasteiger partial charge on any atom is 0.0506 e. The van der Waals surface area contributed by atoms with Gasteiger partial charge in [-0.15, -0.1) is 11.8 Å². The maximum atomic E-state index is 3.38. The van der Waals surface area contributed by atoms with Crippen molar-refractivity contribution in [2.24, 2.45) is 0 Å². The van der Waals surface area contributed by atoms with E-state index in [1.807, 2.05) is 11.8 Å². The molecule has 0 spiro atoms. The van der Waals surface area contributed by atoms with Gasteiger partial charge < -0.3 is 5.32 Å². The molecule has 1 fully saturated rings. The van der Waals surface area contributed by atoms with E-state index < -0.39 is 0 Å². The first-order valence-electron chi connectivity index (χ1n) is 2.66. The molecule has 1 aliphatic heterocycles. The van der Waals surface area contributed by atoms with E-state index in [0.717, 1.165) is 6.04 Å². The van der Waals surface area contributed by atoms with Gasteiger partial charge in [0.25, 0.3) is 0 Å². The SMILES string of the molecule is C[C@H]1CS[C@@H](C)N1. The standard InChI is InChI=1S/C5H11NS/c1-4-3-7-5(2)6-4/h4-6H,3H2,1-2H3/t4-,5-/m0/s1. The molecule has 1 aliphatic rings. The van der Waals surface area contributed by atoms with Crippen LogP contribution in [0.4, 0.5) is 0 Å². The van der Waals surface area contributed by atoms with Crippen LogP contribution in [-0.2, 0) is 0 Å². The van der Waals surface area contributed by atoms with Crippen molar-refractivity contribution < 1.29 is 0 Å². The van der Waals surface area contributed by atoms with E-state index in [9.17, 15) is 0 Å². The maximum absolute atomic E-state index is 3.38. The lowest BCUT2D eigenvalue weighted by molar-refractivity contribution is 0.626. The van der Waals surface area contributed by atoms with Crippen LogP contribution in [0.5, 0.6) is 0 Å². The summed E-state index contributed by atoms with van der Waals surface area (Å²) in [7, 11) is 0. The van der Waals surface area contributed by atoms with E-state index in [4.69, 9.17) is 0 Å². The molecule has 1 saturated heterocycles. The van der Waals surface area contributed by atoms with Crippen LogP contribution < -0.4 is 5.32 Å². The first-order chi connectivity index (χ1) is 3.29. The fraction of sp³-hybridized carbons (Fsp3) is 1.00. The second-order valence-electron chi connectivity index (χ2n) is 2.04. The van der Waals surface area contributed by atoms with Crippen molar-refractivity contribution in [3.05, 3.63) is 0 Å². The summed E-state index contributed by atoms with van der Waals surface area (Å²) in [6.45, 7) is 4.42. The van der Waals surface area contributed by atoms with Gasteiger partial charge in [-0.3, -0.25) is 0 Å². The zero-order valence-corrected chi connectivity index (χ0v) is 5.59. The second kappa shape index (κ2) is 2.05. The predicted molar refractivity (Wildman–Crippen MR) is 34.5 cm³/mol. The molecule has 0 aromatic rings. The zero-order valence-electron chi connectivity index (χ0n) is 4.77. The molecule has 0 aromatic carbocycles. The highest BCUT2D eigenvalue weighted by Crippen LogP contribution is 2.16. The summed E-state index contributed by atoms with van der Waals surface area (Å²) in [5, 5.41) is 4.07. The first-order valence-corrected chi connectivity index (χ1v) is 3.71. The summed E-state index contributed by atoms with van der Waals surface area (Å²) in [4.78, 5) is 0. The third-order valence-electron chi connectivity index (χ3n) is 1.12. The minimum absolute atomic E-state index is 0.690. The van der Waals surface area contributed by atoms with E-state index in [0.29, 0.717) is 5.37 Å². The van der Waals surface area contributed by atoms with Crippen LogP contribution in [0, 0.1) is 0 Å². The van der Waals surface area contributed by atoms with E-state index in [2.05, 4.69) is 19.2 Å². The molecule has 0 radical (unpaired) electrons. The molecule has 2 atom stereocenters. The lowest BCUT2D eigenvalue weighted by Crippen LogP contribution is -2.24. The van der Waals surface area contributed by atoms with E-state index in [-0.39, 0.29) is 0 Å². The normalized spacial score (nSPS) is 42.0. The van der Waals surface area contributed by atoms with Crippen molar-refractivity contribution in [2.75, 3.05) is 5.75 Å². The molecule has 0 bridgehead atoms. The van der Waals surface area contributed by atoms with Crippen molar-refractivity contribution in [2.45, 2.75) is 25.3 Å². The highest BCUT2D eigenvalue weighted by Gasteiger charge is 2.14. The Morgan fingerprint density at radius 2 is 2.29 bits per heavy atom. The van der Waals surface area contributed by atoms with Crippen molar-refractivity contribution in [3.63, 3.8) is 0 Å². The fourth-order valence-electron chi connectivity index (χ4n) is 0.786. The van der Waals surface area contributed by atoms with E-state index >= 15 is 0 Å². The summed E-state index contributed by atoms with van der Waals surface area (Å²) >= 11 is 1.99. The Balaban J connectivity index is 2.26. The highest BCUT2D eigenvalue weighted by atomic mass is 32.2. The number of rotatable bonds is 0. The first kappa shape index (κ1) is 5.45. The fourth-order valence-corrected chi connectivity index (χ4v) is 1.79. The molecule has 2 heteroatoms. The topological polar surface area (TPSA) is 12.0 Å². The van der Waals surface area contributed by atoms with Crippen molar-refractivity contribution in [3.8, 4) is 0 Å². The molecule has 1 N–H and O–H groups in total. The quantitative estimate of drug-likeness (QED) is 0.509. The molecule has 7 heavy (non-hydrogen) atoms. The van der Waals surface area contributed by atoms with Crippen LogP contribution >= 0.6 is 11.8 Å². The Morgan fingerprint density at radius 1 is 1.57 bits per heavy atom. The summed E-state index contributed by atoms with van der Waals surface area (Å²) in [6.07, 6.45) is 0. The lowest BCUT2D eigenvalue weighted by Gasteiger charge is -2.00. The van der Waals surface area contributed by atoms with Crippen molar-refractivity contribution in [1.29, 1.82) is 0 Å². The van der Waals surface area contributed by atoms with Gasteiger partial charge in [0.05, 0.1) is 5.37 Å². The van der Waals surface area contributed by atoms with Gasteiger partial charge in [-0.05, 0) is 13.8 Å². The van der Waals surface area contributed by atoms with Crippen LogP contribution in [0.1, 0.15) is 13.8 Å². The summed E-state index contributed by atoms with van der Waals surface area (Å²) in [5.74, 6) is 1.28. The van der Waals surface area contributed by atoms with Gasteiger partial charge >= 0.3 is 0 Å². The smallest absolute Gasteiger partial charge is 0.0506 e. The molecule has 1 rings (SSSR count). The molecular formula is C5H11NS. The van der Waals surface area contributed by atoms with Gasteiger partial charge in [-0.2, -0.15) is 0 Å². The molecule has 0 aromatic heterocycles. The van der Waals surface area contributed by atoms with E-state index in [1.54, 1.807) is 0 Å². The third-order valence-corrected chi connectivity index (χ3v) is 2.44. The average Bonchev–Trinajstić information content (AvgIpc) is 1.87. The molecule has 1 heterocycles. The Hall–Kier alpha value is 0.310. The summed E-state index contributed by atoms with van der Waals surface area (Å²) in [6, 6.07) is 0.736. The van der Waals surface area contributed by atoms with Gasteiger partial charge in [0.1, 0.15) is 0 Å². The van der Waals surface area contributed by atoms with Gasteiger partial charge in [0.15, 0.2) is 0 Å². The summed E-state index contributed by atoms with van der Waals surface area (Å²) < 4.78 is 0. The Labute approximate surface area is 48.9 Å². The van der Waals surface area contributed by atoms with Crippen LogP contribution in [0.15, 0.2) is 0 Å². The Bertz CT molecular complexity index is 57.1. The average molecular weight is 117 g/mol.